The minimum Gasteiger partial charge on any atom is -0.493 e. The van der Waals surface area contributed by atoms with Crippen LogP contribution < -0.4 is 10.5 Å². The fourth-order valence-corrected chi connectivity index (χ4v) is 1.76. The van der Waals surface area contributed by atoms with E-state index in [1.54, 1.807) is 6.20 Å². The first-order valence-corrected chi connectivity index (χ1v) is 6.15. The summed E-state index contributed by atoms with van der Waals surface area (Å²) in [5.74, 6) is 1.51. The van der Waals surface area contributed by atoms with Crippen LogP contribution in [0.5, 0.6) is 5.75 Å². The van der Waals surface area contributed by atoms with Crippen LogP contribution in [-0.2, 0) is 6.42 Å². The van der Waals surface area contributed by atoms with Crippen LogP contribution in [-0.4, -0.2) is 11.6 Å². The van der Waals surface area contributed by atoms with E-state index in [0.29, 0.717) is 12.4 Å². The molecule has 90 valence electrons. The van der Waals surface area contributed by atoms with Gasteiger partial charge in [0.25, 0.3) is 0 Å². The summed E-state index contributed by atoms with van der Waals surface area (Å²) < 4.78 is 5.55. The Morgan fingerprint density at radius 3 is 2.75 bits per heavy atom. The third-order valence-corrected chi connectivity index (χ3v) is 2.63. The molecule has 0 saturated carbocycles. The number of unbranched alkanes of at least 4 members (excludes halogenated alkanes) is 3. The highest BCUT2D eigenvalue weighted by Gasteiger charge is 2.07. The van der Waals surface area contributed by atoms with Crippen molar-refractivity contribution in [3.63, 3.8) is 0 Å². The number of nitrogens with two attached hydrogens (primary N) is 1. The van der Waals surface area contributed by atoms with Gasteiger partial charge >= 0.3 is 0 Å². The van der Waals surface area contributed by atoms with Crippen molar-refractivity contribution in [1.82, 2.24) is 4.98 Å². The quantitative estimate of drug-likeness (QED) is 0.721. The molecule has 0 fully saturated rings. The molecule has 1 aromatic rings. The zero-order valence-corrected chi connectivity index (χ0v) is 10.3. The van der Waals surface area contributed by atoms with Crippen LogP contribution in [0.25, 0.3) is 0 Å². The maximum atomic E-state index is 5.88. The second-order valence-corrected chi connectivity index (χ2v) is 3.92. The van der Waals surface area contributed by atoms with Gasteiger partial charge in [0.2, 0.25) is 0 Å². The first kappa shape index (κ1) is 12.8. The fraction of sp³-hybridized carbons (Fsp3) is 0.615. The number of pyridine rings is 1. The summed E-state index contributed by atoms with van der Waals surface area (Å²) in [7, 11) is 0. The van der Waals surface area contributed by atoms with Gasteiger partial charge in [-0.1, -0.05) is 26.2 Å². The summed E-state index contributed by atoms with van der Waals surface area (Å²) in [5.41, 5.74) is 6.95. The Bertz CT molecular complexity index is 313. The number of aromatic nitrogens is 1. The summed E-state index contributed by atoms with van der Waals surface area (Å²) in [6.45, 7) is 4.87. The minimum atomic E-state index is 0.613. The van der Waals surface area contributed by atoms with Gasteiger partial charge in [-0.15, -0.1) is 0 Å². The summed E-state index contributed by atoms with van der Waals surface area (Å²) >= 11 is 0. The molecule has 0 spiro atoms. The summed E-state index contributed by atoms with van der Waals surface area (Å²) in [4.78, 5) is 4.12. The van der Waals surface area contributed by atoms with Crippen molar-refractivity contribution in [1.29, 1.82) is 0 Å². The number of hydrogen-bond donors (Lipinski definition) is 1. The van der Waals surface area contributed by atoms with Crippen LogP contribution in [0.2, 0.25) is 0 Å². The molecule has 3 nitrogen and oxygen atoms in total. The average Bonchev–Trinajstić information content (AvgIpc) is 2.28. The Morgan fingerprint density at radius 1 is 1.25 bits per heavy atom. The molecule has 1 rings (SSSR count). The Hall–Kier alpha value is -1.25. The van der Waals surface area contributed by atoms with Crippen LogP contribution in [0.4, 0.5) is 5.82 Å². The van der Waals surface area contributed by atoms with Crippen molar-refractivity contribution < 1.29 is 4.74 Å². The van der Waals surface area contributed by atoms with E-state index in [0.717, 1.165) is 24.2 Å². The van der Waals surface area contributed by atoms with Gasteiger partial charge in [0.1, 0.15) is 11.6 Å². The van der Waals surface area contributed by atoms with Crippen molar-refractivity contribution in [3.05, 3.63) is 17.8 Å². The highest BCUT2D eigenvalue weighted by molar-refractivity contribution is 5.48. The zero-order valence-electron chi connectivity index (χ0n) is 10.3. The Kier molecular flexibility index (Phi) is 5.68. The van der Waals surface area contributed by atoms with Crippen molar-refractivity contribution in [3.8, 4) is 5.75 Å². The number of hydrogen-bond acceptors (Lipinski definition) is 3. The molecule has 0 amide bonds. The van der Waals surface area contributed by atoms with E-state index in [9.17, 15) is 0 Å². The number of anilines is 1. The molecule has 0 aliphatic heterocycles. The Balaban J connectivity index is 2.61. The molecule has 1 heterocycles. The van der Waals surface area contributed by atoms with Crippen LogP contribution in [0.3, 0.4) is 0 Å². The van der Waals surface area contributed by atoms with Crippen LogP contribution >= 0.6 is 0 Å². The van der Waals surface area contributed by atoms with Crippen molar-refractivity contribution in [2.24, 2.45) is 0 Å². The molecule has 0 atom stereocenters. The smallest absolute Gasteiger partial charge is 0.130 e. The summed E-state index contributed by atoms with van der Waals surface area (Å²) in [6.07, 6.45) is 7.61. The molecule has 0 aliphatic rings. The van der Waals surface area contributed by atoms with E-state index in [4.69, 9.17) is 10.5 Å². The molecule has 3 heteroatoms. The van der Waals surface area contributed by atoms with Gasteiger partial charge in [0.15, 0.2) is 0 Å². The predicted molar refractivity (Wildman–Crippen MR) is 67.7 cm³/mol. The molecular formula is C13H22N2O. The monoisotopic (exact) mass is 222 g/mol. The van der Waals surface area contributed by atoms with Crippen molar-refractivity contribution >= 4 is 5.82 Å². The lowest BCUT2D eigenvalue weighted by molar-refractivity contribution is 0.336. The lowest BCUT2D eigenvalue weighted by atomic mass is 10.1. The molecular weight excluding hydrogens is 200 g/mol. The average molecular weight is 222 g/mol. The molecule has 2 N–H and O–H groups in total. The summed E-state index contributed by atoms with van der Waals surface area (Å²) in [5, 5.41) is 0. The van der Waals surface area contributed by atoms with Crippen LogP contribution in [0.15, 0.2) is 12.3 Å². The lowest BCUT2D eigenvalue weighted by Crippen LogP contribution is -2.03. The lowest BCUT2D eigenvalue weighted by Gasteiger charge is -2.11. The number of rotatable bonds is 7. The molecule has 0 bridgehead atoms. The van der Waals surface area contributed by atoms with Gasteiger partial charge < -0.3 is 10.5 Å². The zero-order chi connectivity index (χ0) is 11.8. The predicted octanol–water partition coefficient (Wildman–Crippen LogP) is 3.19. The molecule has 1 aromatic heterocycles. The van der Waals surface area contributed by atoms with Gasteiger partial charge in [-0.25, -0.2) is 4.98 Å². The maximum absolute atomic E-state index is 5.88. The van der Waals surface area contributed by atoms with E-state index in [1.807, 2.05) is 13.0 Å². The first-order chi connectivity index (χ1) is 7.79. The molecule has 0 radical (unpaired) electrons. The number of nitrogens with zero attached hydrogens (tertiary/aromatic N) is 1. The van der Waals surface area contributed by atoms with E-state index < -0.39 is 0 Å². The molecule has 0 aromatic carbocycles. The third-order valence-electron chi connectivity index (χ3n) is 2.63. The standard InChI is InChI=1S/C13H22N2O/c1-3-5-6-7-8-11-12(16-4-2)9-10-15-13(11)14/h9-10H,3-8H2,1-2H3,(H2,14,15). The second-order valence-electron chi connectivity index (χ2n) is 3.92. The van der Waals surface area contributed by atoms with E-state index in [1.165, 1.54) is 19.3 Å². The van der Waals surface area contributed by atoms with Crippen LogP contribution in [0, 0.1) is 0 Å². The van der Waals surface area contributed by atoms with Crippen molar-refractivity contribution in [2.45, 2.75) is 46.0 Å². The molecule has 16 heavy (non-hydrogen) atoms. The fourth-order valence-electron chi connectivity index (χ4n) is 1.76. The Labute approximate surface area is 98.0 Å². The van der Waals surface area contributed by atoms with Gasteiger partial charge in [-0.3, -0.25) is 0 Å². The number of nitrogen functional groups attached to an aromatic ring is 1. The third kappa shape index (κ3) is 3.72. The van der Waals surface area contributed by atoms with E-state index in [-0.39, 0.29) is 0 Å². The topological polar surface area (TPSA) is 48.1 Å². The normalized spacial score (nSPS) is 10.4. The second kappa shape index (κ2) is 7.09. The largest absolute Gasteiger partial charge is 0.493 e. The first-order valence-electron chi connectivity index (χ1n) is 6.15. The highest BCUT2D eigenvalue weighted by Crippen LogP contribution is 2.24. The van der Waals surface area contributed by atoms with Crippen molar-refractivity contribution in [2.75, 3.05) is 12.3 Å². The molecule has 0 unspecified atom stereocenters. The van der Waals surface area contributed by atoms with Gasteiger partial charge in [-0.2, -0.15) is 0 Å². The van der Waals surface area contributed by atoms with Crippen LogP contribution in [0.1, 0.15) is 45.1 Å². The minimum absolute atomic E-state index is 0.613. The highest BCUT2D eigenvalue weighted by atomic mass is 16.5. The molecule has 0 saturated heterocycles. The summed E-state index contributed by atoms with van der Waals surface area (Å²) in [6, 6.07) is 1.90. The maximum Gasteiger partial charge on any atom is 0.130 e. The van der Waals surface area contributed by atoms with E-state index in [2.05, 4.69) is 11.9 Å². The number of ether oxygens (including phenoxy) is 1. The van der Waals surface area contributed by atoms with E-state index >= 15 is 0 Å². The Morgan fingerprint density at radius 2 is 2.06 bits per heavy atom. The van der Waals surface area contributed by atoms with Gasteiger partial charge in [-0.05, 0) is 25.8 Å². The van der Waals surface area contributed by atoms with Gasteiger partial charge in [0, 0.05) is 11.8 Å². The molecule has 0 aliphatic carbocycles. The van der Waals surface area contributed by atoms with Gasteiger partial charge in [0.05, 0.1) is 6.61 Å². The SMILES string of the molecule is CCCCCCc1c(OCC)ccnc1N.